The van der Waals surface area contributed by atoms with E-state index in [4.69, 9.17) is 0 Å². The first-order valence-corrected chi connectivity index (χ1v) is 19.4. The van der Waals surface area contributed by atoms with Crippen molar-refractivity contribution in [2.45, 2.75) is 132 Å². The maximum absolute atomic E-state index is 2.76. The van der Waals surface area contributed by atoms with Crippen molar-refractivity contribution in [1.82, 2.24) is 0 Å². The van der Waals surface area contributed by atoms with E-state index in [0.717, 1.165) is 6.42 Å². The Bertz CT molecular complexity index is 1350. The van der Waals surface area contributed by atoms with E-state index in [1.807, 2.05) is 0 Å². The maximum atomic E-state index is 2.61. The van der Waals surface area contributed by atoms with E-state index in [2.05, 4.69) is 163 Å². The number of hydrogen-bond donors (Lipinski definition) is 0. The summed E-state index contributed by atoms with van der Waals surface area (Å²) >= 11 is 0. The van der Waals surface area contributed by atoms with Gasteiger partial charge in [0.2, 0.25) is 0 Å². The molecule has 0 aliphatic heterocycles. The number of hydrogen-bond acceptors (Lipinski definition) is 0. The average Bonchev–Trinajstić information content (AvgIpc) is 3.46. The minimum Gasteiger partial charge on any atom is -1.00 e. The molecule has 0 aliphatic rings. The molecule has 5 heteroatoms. The Morgan fingerprint density at radius 1 is 0.458 bits per heavy atom. The molecule has 4 aromatic rings. The summed E-state index contributed by atoms with van der Waals surface area (Å²) in [5.41, 5.74) is 10.2. The molecule has 260 valence electrons. The van der Waals surface area contributed by atoms with Crippen LogP contribution in [-0.2, 0) is 28.1 Å². The van der Waals surface area contributed by atoms with Gasteiger partial charge in [0.25, 0.3) is 0 Å². The number of benzene rings is 3. The van der Waals surface area contributed by atoms with E-state index < -0.39 is 8.07 Å². The van der Waals surface area contributed by atoms with Gasteiger partial charge in [-0.15, -0.1) is 5.19 Å². The van der Waals surface area contributed by atoms with E-state index in [1.54, 1.807) is 0 Å². The predicted molar refractivity (Wildman–Crippen MR) is 200 cm³/mol. The van der Waals surface area contributed by atoms with Gasteiger partial charge >= 0.3 is 21.7 Å². The van der Waals surface area contributed by atoms with Crippen LogP contribution in [0.15, 0.2) is 72.8 Å². The molecule has 0 saturated heterocycles. The van der Waals surface area contributed by atoms with Gasteiger partial charge in [0.1, 0.15) is 8.07 Å². The Balaban J connectivity index is 0.00000552. The molecule has 4 aromatic carbocycles. The molecule has 0 saturated carbocycles. The Hall–Kier alpha value is -1.19. The van der Waals surface area contributed by atoms with Crippen LogP contribution in [0.4, 0.5) is 0 Å². The Labute approximate surface area is 329 Å². The molecule has 4 rings (SSSR count). The van der Waals surface area contributed by atoms with E-state index in [9.17, 15) is 0 Å². The summed E-state index contributed by atoms with van der Waals surface area (Å²) in [7, 11) is -2.76. The monoisotopic (exact) mass is 756 g/mol. The van der Waals surface area contributed by atoms with Gasteiger partial charge in [0.15, 0.2) is 0 Å². The molecular weight excluding hydrogens is 699 g/mol. The molecule has 0 nitrogen and oxygen atoms in total. The van der Waals surface area contributed by atoms with Gasteiger partial charge in [0.05, 0.1) is 0 Å². The summed E-state index contributed by atoms with van der Waals surface area (Å²) in [4.78, 5) is 0. The van der Waals surface area contributed by atoms with Crippen LogP contribution in [0.25, 0.3) is 0 Å². The molecule has 0 N–H and O–H groups in total. The average molecular weight is 758 g/mol. The predicted octanol–water partition coefficient (Wildman–Crippen LogP) is 1.10. The second-order valence-electron chi connectivity index (χ2n) is 15.2. The zero-order valence-electron chi connectivity index (χ0n) is 31.7. The zero-order valence-corrected chi connectivity index (χ0v) is 36.6. The molecule has 0 radical (unpaired) electrons. The smallest absolute Gasteiger partial charge is 1.00 e. The van der Waals surface area contributed by atoms with E-state index in [1.165, 1.54) is 59.7 Å². The molecule has 0 amide bonds. The number of rotatable bonds is 11. The minimum absolute atomic E-state index is 0. The van der Waals surface area contributed by atoms with Crippen LogP contribution in [0.1, 0.15) is 164 Å². The second kappa shape index (κ2) is 19.4. The van der Waals surface area contributed by atoms with Crippen LogP contribution >= 0.6 is 0 Å². The topological polar surface area (TPSA) is 0 Å². The van der Waals surface area contributed by atoms with E-state index in [-0.39, 0.29) is 58.9 Å². The molecule has 0 atom stereocenters. The molecule has 0 bridgehead atoms. The quantitative estimate of drug-likeness (QED) is 0.122. The molecule has 0 heterocycles. The standard InChI is InChI=1S/C43H59Si.3ClH.Ti/c1-14-33-15-16-40(17-33)44(41-21-34(27(2)3)18-35(22-41)28(4)5,42-23-36(29(6)7)19-37(24-42)30(8)9)43-25-38(31(10)11)20-39(26-43)32(12)13;;;;/h15-32H,14H2,1-13H3;3*1H;/q-1;;;;+4/p-3. The molecule has 0 aromatic heterocycles. The largest absolute Gasteiger partial charge is 4.00 e. The minimum atomic E-state index is -2.76. The van der Waals surface area contributed by atoms with Gasteiger partial charge in [-0.1, -0.05) is 167 Å². The first-order valence-electron chi connectivity index (χ1n) is 17.4. The van der Waals surface area contributed by atoms with Gasteiger partial charge in [-0.3, -0.25) is 0 Å². The van der Waals surface area contributed by atoms with E-state index >= 15 is 0 Å². The molecule has 0 spiro atoms. The van der Waals surface area contributed by atoms with Crippen molar-refractivity contribution < 1.29 is 58.9 Å². The maximum Gasteiger partial charge on any atom is 4.00 e. The van der Waals surface area contributed by atoms with Crippen molar-refractivity contribution in [1.29, 1.82) is 0 Å². The summed E-state index contributed by atoms with van der Waals surface area (Å²) in [5, 5.41) is 6.13. The molecular formula is C43H59Cl3SiTi. The summed E-state index contributed by atoms with van der Waals surface area (Å²) in [6, 6.07) is 30.5. The van der Waals surface area contributed by atoms with Crippen molar-refractivity contribution in [3.05, 3.63) is 112 Å². The molecule has 0 fully saturated rings. The third kappa shape index (κ3) is 9.77. The molecule has 48 heavy (non-hydrogen) atoms. The Kier molecular flexibility index (Phi) is 18.9. The summed E-state index contributed by atoms with van der Waals surface area (Å²) < 4.78 is 0. The van der Waals surface area contributed by atoms with Crippen molar-refractivity contribution >= 4 is 28.8 Å². The number of halogens is 3. The first-order chi connectivity index (χ1) is 20.7. The van der Waals surface area contributed by atoms with Crippen LogP contribution < -0.4 is 58.0 Å². The summed E-state index contributed by atoms with van der Waals surface area (Å²) in [6.45, 7) is 30.6. The Morgan fingerprint density at radius 3 is 0.896 bits per heavy atom. The third-order valence-corrected chi connectivity index (χ3v) is 14.5. The summed E-state index contributed by atoms with van der Waals surface area (Å²) in [6.07, 6.45) is 1.06. The third-order valence-electron chi connectivity index (χ3n) is 9.89. The molecule has 0 unspecified atom stereocenters. The van der Waals surface area contributed by atoms with Crippen molar-refractivity contribution in [2.75, 3.05) is 0 Å². The second-order valence-corrected chi connectivity index (χ2v) is 19.0. The summed E-state index contributed by atoms with van der Waals surface area (Å²) in [5.74, 6) is 2.79. The zero-order chi connectivity index (χ0) is 32.5. The SMILES string of the molecule is CCc1cc[c-]([Si](c2cc(C(C)C)cc(C(C)C)c2)(c2cc(C(C)C)cc(C(C)C)c2)c2cc(C(C)C)cc(C(C)C)c2)c1.[Cl-].[Cl-].[Cl-].[Ti+4]. The van der Waals surface area contributed by atoms with Crippen molar-refractivity contribution in [2.24, 2.45) is 0 Å². The van der Waals surface area contributed by atoms with Gasteiger partial charge in [-0.05, 0) is 68.9 Å². The Morgan fingerprint density at radius 2 is 0.708 bits per heavy atom. The fourth-order valence-electron chi connectivity index (χ4n) is 6.63. The molecule has 0 aliphatic carbocycles. The van der Waals surface area contributed by atoms with Gasteiger partial charge < -0.3 is 37.2 Å². The van der Waals surface area contributed by atoms with Gasteiger partial charge in [-0.2, -0.15) is 17.7 Å². The van der Waals surface area contributed by atoms with Gasteiger partial charge in [0, 0.05) is 0 Å². The normalized spacial score (nSPS) is 11.6. The van der Waals surface area contributed by atoms with Crippen LogP contribution in [0.2, 0.25) is 0 Å². The fraction of sp³-hybridized carbons (Fsp3) is 0.465. The van der Waals surface area contributed by atoms with Gasteiger partial charge in [-0.25, -0.2) is 6.07 Å². The van der Waals surface area contributed by atoms with E-state index in [0.29, 0.717) is 35.5 Å². The van der Waals surface area contributed by atoms with Crippen molar-refractivity contribution in [3.8, 4) is 0 Å². The van der Waals surface area contributed by atoms with Crippen LogP contribution in [-0.4, -0.2) is 8.07 Å². The first kappa shape index (κ1) is 46.8. The van der Waals surface area contributed by atoms with Crippen LogP contribution in [0.5, 0.6) is 0 Å². The van der Waals surface area contributed by atoms with Crippen molar-refractivity contribution in [3.63, 3.8) is 0 Å². The van der Waals surface area contributed by atoms with Crippen LogP contribution in [0.3, 0.4) is 0 Å². The number of aryl methyl sites for hydroxylation is 1. The van der Waals surface area contributed by atoms with Crippen LogP contribution in [0, 0.1) is 0 Å². The fourth-order valence-corrected chi connectivity index (χ4v) is 11.7.